The van der Waals surface area contributed by atoms with Crippen molar-refractivity contribution in [2.75, 3.05) is 0 Å². The molecule has 1 aromatic rings. The normalized spacial score (nSPS) is 13.2. The van der Waals surface area contributed by atoms with Gasteiger partial charge < -0.3 is 9.84 Å². The summed E-state index contributed by atoms with van der Waals surface area (Å²) in [7, 11) is 1.47. The van der Waals surface area contributed by atoms with Gasteiger partial charge in [-0.1, -0.05) is 0 Å². The van der Waals surface area contributed by atoms with Crippen LogP contribution in [-0.2, 0) is 11.8 Å². The second-order valence-electron chi connectivity index (χ2n) is 4.68. The zero-order valence-electron chi connectivity index (χ0n) is 10.7. The Hall–Kier alpha value is -1.67. The van der Waals surface area contributed by atoms with E-state index >= 15 is 0 Å². The minimum atomic E-state index is -1.43. The number of carbonyl (C=O) groups is 1. The van der Waals surface area contributed by atoms with Crippen LogP contribution in [0.3, 0.4) is 0 Å². The van der Waals surface area contributed by atoms with Crippen molar-refractivity contribution < 1.29 is 19.0 Å². The smallest absolute Gasteiger partial charge is 0.422 e. The molecule has 0 radical (unpaired) electrons. The molecule has 7 nitrogen and oxygen atoms in total. The SMILES string of the molecule is Cn1ncc(F)c1C(O)NNC(=O)OC(C)(C)C. The van der Waals surface area contributed by atoms with E-state index in [1.807, 2.05) is 0 Å². The van der Waals surface area contributed by atoms with Gasteiger partial charge in [0.2, 0.25) is 0 Å². The number of aliphatic hydroxyl groups is 1. The van der Waals surface area contributed by atoms with Crippen LogP contribution in [0.1, 0.15) is 32.7 Å². The fourth-order valence-corrected chi connectivity index (χ4v) is 1.23. The van der Waals surface area contributed by atoms with E-state index in [0.29, 0.717) is 0 Å². The highest BCUT2D eigenvalue weighted by molar-refractivity contribution is 5.67. The summed E-state index contributed by atoms with van der Waals surface area (Å²) in [6.07, 6.45) is -1.23. The lowest BCUT2D eigenvalue weighted by Gasteiger charge is -2.21. The van der Waals surface area contributed by atoms with E-state index in [4.69, 9.17) is 4.74 Å². The lowest BCUT2D eigenvalue weighted by molar-refractivity contribution is 0.0382. The highest BCUT2D eigenvalue weighted by atomic mass is 19.1. The summed E-state index contributed by atoms with van der Waals surface area (Å²) in [5.41, 5.74) is 3.58. The van der Waals surface area contributed by atoms with Crippen molar-refractivity contribution in [3.8, 4) is 0 Å². The number of aromatic nitrogens is 2. The number of ether oxygens (including phenoxy) is 1. The third-order valence-corrected chi connectivity index (χ3v) is 1.91. The van der Waals surface area contributed by atoms with Crippen LogP contribution >= 0.6 is 0 Å². The van der Waals surface area contributed by atoms with Gasteiger partial charge in [-0.15, -0.1) is 0 Å². The van der Waals surface area contributed by atoms with Gasteiger partial charge in [-0.05, 0) is 20.8 Å². The summed E-state index contributed by atoms with van der Waals surface area (Å²) in [5.74, 6) is -0.677. The summed E-state index contributed by atoms with van der Waals surface area (Å²) in [6.45, 7) is 5.09. The molecule has 0 saturated carbocycles. The summed E-state index contributed by atoms with van der Waals surface area (Å²) in [6, 6.07) is 0. The van der Waals surface area contributed by atoms with E-state index in [-0.39, 0.29) is 5.69 Å². The Morgan fingerprint density at radius 2 is 2.22 bits per heavy atom. The molecule has 0 spiro atoms. The third kappa shape index (κ3) is 3.97. The van der Waals surface area contributed by atoms with Crippen molar-refractivity contribution >= 4 is 6.09 Å². The maximum absolute atomic E-state index is 13.2. The lowest BCUT2D eigenvalue weighted by Crippen LogP contribution is -2.43. The molecule has 1 rings (SSSR count). The summed E-state index contributed by atoms with van der Waals surface area (Å²) < 4.78 is 19.3. The van der Waals surface area contributed by atoms with Crippen molar-refractivity contribution in [2.45, 2.75) is 32.6 Å². The monoisotopic (exact) mass is 260 g/mol. The second-order valence-corrected chi connectivity index (χ2v) is 4.68. The molecule has 1 unspecified atom stereocenters. The van der Waals surface area contributed by atoms with Gasteiger partial charge in [-0.2, -0.15) is 10.5 Å². The first-order valence-electron chi connectivity index (χ1n) is 5.30. The molecule has 1 amide bonds. The van der Waals surface area contributed by atoms with E-state index in [9.17, 15) is 14.3 Å². The van der Waals surface area contributed by atoms with Crippen molar-refractivity contribution in [3.05, 3.63) is 17.7 Å². The first kappa shape index (κ1) is 14.4. The van der Waals surface area contributed by atoms with E-state index in [1.165, 1.54) is 7.05 Å². The van der Waals surface area contributed by atoms with Crippen molar-refractivity contribution in [3.63, 3.8) is 0 Å². The number of rotatable bonds is 3. The molecule has 3 N–H and O–H groups in total. The Balaban J connectivity index is 2.52. The molecule has 8 heteroatoms. The number of nitrogens with zero attached hydrogens (tertiary/aromatic N) is 2. The van der Waals surface area contributed by atoms with Crippen LogP contribution in [0.2, 0.25) is 0 Å². The Morgan fingerprint density at radius 3 is 2.67 bits per heavy atom. The standard InChI is InChI=1S/C10H17FN4O3/c1-10(2,3)18-9(17)14-13-8(16)7-6(11)5-12-15(7)4/h5,8,13,16H,1-4H3,(H,14,17). The molecule has 0 fully saturated rings. The van der Waals surface area contributed by atoms with E-state index in [1.54, 1.807) is 20.8 Å². The number of amides is 1. The van der Waals surface area contributed by atoms with E-state index in [2.05, 4.69) is 16.0 Å². The van der Waals surface area contributed by atoms with E-state index in [0.717, 1.165) is 10.9 Å². The third-order valence-electron chi connectivity index (χ3n) is 1.91. The summed E-state index contributed by atoms with van der Waals surface area (Å²) in [4.78, 5) is 11.3. The zero-order valence-corrected chi connectivity index (χ0v) is 10.7. The van der Waals surface area contributed by atoms with Crippen molar-refractivity contribution in [1.29, 1.82) is 0 Å². The second kappa shape index (κ2) is 5.32. The predicted octanol–water partition coefficient (Wildman–Crippen LogP) is 0.579. The first-order chi connectivity index (χ1) is 8.20. The fraction of sp³-hybridized carbons (Fsp3) is 0.600. The van der Waals surface area contributed by atoms with E-state index < -0.39 is 23.7 Å². The van der Waals surface area contributed by atoms with Crippen LogP contribution in [0.5, 0.6) is 0 Å². The number of hydrogen-bond acceptors (Lipinski definition) is 5. The summed E-state index contributed by atoms with van der Waals surface area (Å²) >= 11 is 0. The minimum absolute atomic E-state index is 0.0916. The molecule has 1 aromatic heterocycles. The number of aryl methyl sites for hydroxylation is 1. The minimum Gasteiger partial charge on any atom is -0.443 e. The fourth-order valence-electron chi connectivity index (χ4n) is 1.23. The molecule has 0 aliphatic carbocycles. The molecule has 18 heavy (non-hydrogen) atoms. The Kier molecular flexibility index (Phi) is 4.25. The Morgan fingerprint density at radius 1 is 1.61 bits per heavy atom. The van der Waals surface area contributed by atoms with Gasteiger partial charge in [-0.25, -0.2) is 9.18 Å². The van der Waals surface area contributed by atoms with Crippen molar-refractivity contribution in [1.82, 2.24) is 20.6 Å². The van der Waals surface area contributed by atoms with Gasteiger partial charge >= 0.3 is 6.09 Å². The molecule has 0 aliphatic rings. The molecule has 0 bridgehead atoms. The number of aliphatic hydroxyl groups excluding tert-OH is 1. The van der Waals surface area contributed by atoms with Crippen molar-refractivity contribution in [2.24, 2.45) is 7.05 Å². The maximum atomic E-state index is 13.2. The average molecular weight is 260 g/mol. The molecule has 0 aliphatic heterocycles. The average Bonchev–Trinajstić information content (AvgIpc) is 2.53. The molecule has 0 saturated heterocycles. The number of halogens is 1. The molecule has 0 aromatic carbocycles. The maximum Gasteiger partial charge on any atom is 0.422 e. The molecule has 1 atom stereocenters. The largest absolute Gasteiger partial charge is 0.443 e. The van der Waals surface area contributed by atoms with Gasteiger partial charge in [0.15, 0.2) is 12.0 Å². The van der Waals surface area contributed by atoms with Crippen LogP contribution in [0.25, 0.3) is 0 Å². The number of carbonyl (C=O) groups excluding carboxylic acids is 1. The molecular weight excluding hydrogens is 243 g/mol. The van der Waals surface area contributed by atoms with Gasteiger partial charge in [0.05, 0.1) is 6.20 Å². The molecular formula is C10H17FN4O3. The van der Waals surface area contributed by atoms with Gasteiger partial charge in [0.25, 0.3) is 0 Å². The quantitative estimate of drug-likeness (QED) is 0.546. The van der Waals surface area contributed by atoms with Crippen LogP contribution in [0.15, 0.2) is 6.20 Å². The first-order valence-corrected chi connectivity index (χ1v) is 5.30. The highest BCUT2D eigenvalue weighted by Crippen LogP contribution is 2.12. The van der Waals surface area contributed by atoms with Crippen LogP contribution < -0.4 is 10.9 Å². The highest BCUT2D eigenvalue weighted by Gasteiger charge is 2.20. The number of nitrogens with one attached hydrogen (secondary N) is 2. The Labute approximate surface area is 104 Å². The van der Waals surface area contributed by atoms with Crippen LogP contribution in [-0.4, -0.2) is 26.6 Å². The number of hydrogen-bond donors (Lipinski definition) is 3. The topological polar surface area (TPSA) is 88.4 Å². The lowest BCUT2D eigenvalue weighted by atomic mass is 10.2. The molecule has 1 heterocycles. The van der Waals surface area contributed by atoms with Gasteiger partial charge in [0.1, 0.15) is 11.3 Å². The van der Waals surface area contributed by atoms with Gasteiger partial charge in [-0.3, -0.25) is 10.1 Å². The Bertz CT molecular complexity index is 408. The number of hydrazine groups is 1. The predicted molar refractivity (Wildman–Crippen MR) is 60.6 cm³/mol. The van der Waals surface area contributed by atoms with Crippen LogP contribution in [0, 0.1) is 5.82 Å². The zero-order chi connectivity index (χ0) is 13.9. The van der Waals surface area contributed by atoms with Gasteiger partial charge in [0, 0.05) is 7.05 Å². The summed E-state index contributed by atoms with van der Waals surface area (Å²) in [5, 5.41) is 13.3. The van der Waals surface area contributed by atoms with Crippen LogP contribution in [0.4, 0.5) is 9.18 Å². The molecule has 102 valence electrons.